The van der Waals surface area contributed by atoms with Gasteiger partial charge in [-0.3, -0.25) is 0 Å². The van der Waals surface area contributed by atoms with Crippen molar-refractivity contribution in [3.8, 4) is 5.75 Å². The van der Waals surface area contributed by atoms with Crippen LogP contribution in [0.2, 0.25) is 0 Å². The summed E-state index contributed by atoms with van der Waals surface area (Å²) < 4.78 is 16.1. The quantitative estimate of drug-likeness (QED) is 0.183. The van der Waals surface area contributed by atoms with E-state index in [1.54, 1.807) is 12.1 Å². The van der Waals surface area contributed by atoms with E-state index in [1.807, 2.05) is 24.3 Å². The number of hydrogen-bond donors (Lipinski definition) is 0. The van der Waals surface area contributed by atoms with Crippen molar-refractivity contribution in [2.75, 3.05) is 20.3 Å². The van der Waals surface area contributed by atoms with Gasteiger partial charge in [0.25, 0.3) is 0 Å². The number of benzene rings is 1. The van der Waals surface area contributed by atoms with Gasteiger partial charge in [0.05, 0.1) is 25.4 Å². The fraction of sp³-hybridized carbons (Fsp3) is 0.542. The molecular weight excluding hydrogens is 352 g/mol. The fourth-order valence-corrected chi connectivity index (χ4v) is 2.89. The average molecular weight is 389 g/mol. The number of carbonyl (C=O) groups is 1. The molecule has 0 aliphatic carbocycles. The zero-order valence-corrected chi connectivity index (χ0v) is 17.4. The first-order valence-electron chi connectivity index (χ1n) is 10.4. The lowest BCUT2D eigenvalue weighted by atomic mass is 10.1. The summed E-state index contributed by atoms with van der Waals surface area (Å²) in [6.07, 6.45) is 14.3. The zero-order valence-electron chi connectivity index (χ0n) is 17.4. The van der Waals surface area contributed by atoms with Crippen molar-refractivity contribution in [2.45, 2.75) is 63.9 Å². The molecule has 4 heteroatoms. The second kappa shape index (κ2) is 15.9. The molecule has 1 atom stereocenters. The second-order valence-electron chi connectivity index (χ2n) is 6.86. The van der Waals surface area contributed by atoms with Gasteiger partial charge in [-0.2, -0.15) is 0 Å². The molecule has 0 bridgehead atoms. The molecule has 1 unspecified atom stereocenters. The van der Waals surface area contributed by atoms with E-state index < -0.39 is 0 Å². The van der Waals surface area contributed by atoms with Crippen molar-refractivity contribution in [3.05, 3.63) is 55.1 Å². The van der Waals surface area contributed by atoms with Crippen LogP contribution in [0, 0.1) is 0 Å². The molecule has 1 aromatic rings. The predicted molar refractivity (Wildman–Crippen MR) is 115 cm³/mol. The van der Waals surface area contributed by atoms with Crippen LogP contribution in [-0.4, -0.2) is 32.4 Å². The Labute approximate surface area is 170 Å². The predicted octanol–water partition coefficient (Wildman–Crippen LogP) is 6.12. The Hall–Kier alpha value is -2.07. The Morgan fingerprint density at radius 3 is 2.04 bits per heavy atom. The van der Waals surface area contributed by atoms with Gasteiger partial charge in [0, 0.05) is 6.61 Å². The molecule has 0 aromatic heterocycles. The Morgan fingerprint density at radius 1 is 0.929 bits per heavy atom. The maximum atomic E-state index is 11.4. The first-order valence-corrected chi connectivity index (χ1v) is 10.4. The van der Waals surface area contributed by atoms with Crippen molar-refractivity contribution in [2.24, 2.45) is 0 Å². The van der Waals surface area contributed by atoms with E-state index in [4.69, 9.17) is 9.47 Å². The molecule has 0 amide bonds. The SMILES string of the molecule is C=CCC(C=C)OCCCCCCCCCCOc1ccc(C(=O)OC)cc1. The number of carbonyl (C=O) groups excluding carboxylic acids is 1. The molecular formula is C24H36O4. The largest absolute Gasteiger partial charge is 0.494 e. The third-order valence-corrected chi connectivity index (χ3v) is 4.58. The van der Waals surface area contributed by atoms with Crippen molar-refractivity contribution in [1.29, 1.82) is 0 Å². The van der Waals surface area contributed by atoms with E-state index in [9.17, 15) is 4.79 Å². The number of rotatable bonds is 17. The molecule has 0 N–H and O–H groups in total. The minimum Gasteiger partial charge on any atom is -0.494 e. The summed E-state index contributed by atoms with van der Waals surface area (Å²) in [6.45, 7) is 9.03. The Bertz CT molecular complexity index is 550. The summed E-state index contributed by atoms with van der Waals surface area (Å²) >= 11 is 0. The molecule has 1 rings (SSSR count). The molecule has 156 valence electrons. The smallest absolute Gasteiger partial charge is 0.337 e. The Balaban J connectivity index is 1.92. The fourth-order valence-electron chi connectivity index (χ4n) is 2.89. The van der Waals surface area contributed by atoms with Crippen LogP contribution in [0.25, 0.3) is 0 Å². The van der Waals surface area contributed by atoms with E-state index in [-0.39, 0.29) is 12.1 Å². The summed E-state index contributed by atoms with van der Waals surface area (Å²) in [5.41, 5.74) is 0.540. The van der Waals surface area contributed by atoms with E-state index in [0.717, 1.165) is 31.6 Å². The van der Waals surface area contributed by atoms with Gasteiger partial charge in [-0.05, 0) is 43.5 Å². The van der Waals surface area contributed by atoms with E-state index in [0.29, 0.717) is 12.2 Å². The monoisotopic (exact) mass is 388 g/mol. The molecule has 0 fully saturated rings. The molecule has 0 aliphatic heterocycles. The van der Waals surface area contributed by atoms with Gasteiger partial charge >= 0.3 is 5.97 Å². The second-order valence-corrected chi connectivity index (χ2v) is 6.86. The van der Waals surface area contributed by atoms with E-state index >= 15 is 0 Å². The molecule has 28 heavy (non-hydrogen) atoms. The first-order chi connectivity index (χ1) is 13.7. The van der Waals surface area contributed by atoms with Crippen LogP contribution in [0.1, 0.15) is 68.1 Å². The molecule has 0 heterocycles. The van der Waals surface area contributed by atoms with Gasteiger partial charge in [0.15, 0.2) is 0 Å². The maximum Gasteiger partial charge on any atom is 0.337 e. The van der Waals surface area contributed by atoms with Gasteiger partial charge in [0.2, 0.25) is 0 Å². The highest BCUT2D eigenvalue weighted by molar-refractivity contribution is 5.89. The molecule has 0 saturated heterocycles. The number of hydrogen-bond acceptors (Lipinski definition) is 4. The molecule has 0 aliphatic rings. The van der Waals surface area contributed by atoms with Crippen molar-refractivity contribution in [1.82, 2.24) is 0 Å². The van der Waals surface area contributed by atoms with Crippen molar-refractivity contribution < 1.29 is 19.0 Å². The topological polar surface area (TPSA) is 44.8 Å². The number of ether oxygens (including phenoxy) is 3. The van der Waals surface area contributed by atoms with Crippen LogP contribution < -0.4 is 4.74 Å². The summed E-state index contributed by atoms with van der Waals surface area (Å²) in [6, 6.07) is 7.07. The zero-order chi connectivity index (χ0) is 20.5. The van der Waals surface area contributed by atoms with Crippen LogP contribution in [0.3, 0.4) is 0 Å². The third kappa shape index (κ3) is 10.9. The lowest BCUT2D eigenvalue weighted by Crippen LogP contribution is -2.09. The molecule has 0 saturated carbocycles. The first kappa shape index (κ1) is 24.0. The van der Waals surface area contributed by atoms with Gasteiger partial charge < -0.3 is 14.2 Å². The Morgan fingerprint density at radius 2 is 1.50 bits per heavy atom. The number of methoxy groups -OCH3 is 1. The minimum atomic E-state index is -0.326. The summed E-state index contributed by atoms with van der Waals surface area (Å²) in [7, 11) is 1.38. The molecule has 0 spiro atoms. The minimum absolute atomic E-state index is 0.116. The van der Waals surface area contributed by atoms with Crippen molar-refractivity contribution >= 4 is 5.97 Å². The van der Waals surface area contributed by atoms with E-state index in [2.05, 4.69) is 17.9 Å². The standard InChI is InChI=1S/C24H36O4/c1-4-14-22(5-2)27-19-12-10-8-6-7-9-11-13-20-28-23-17-15-21(16-18-23)24(25)26-3/h4-5,15-18,22H,1-2,6-14,19-20H2,3H3. The number of esters is 1. The van der Waals surface area contributed by atoms with Crippen LogP contribution in [0.15, 0.2) is 49.6 Å². The average Bonchev–Trinajstić information content (AvgIpc) is 2.73. The molecule has 4 nitrogen and oxygen atoms in total. The summed E-state index contributed by atoms with van der Waals surface area (Å²) in [5, 5.41) is 0. The highest BCUT2D eigenvalue weighted by Gasteiger charge is 2.04. The highest BCUT2D eigenvalue weighted by Crippen LogP contribution is 2.14. The summed E-state index contributed by atoms with van der Waals surface area (Å²) in [5.74, 6) is 0.467. The summed E-state index contributed by atoms with van der Waals surface area (Å²) in [4.78, 5) is 11.4. The highest BCUT2D eigenvalue weighted by atomic mass is 16.5. The van der Waals surface area contributed by atoms with Crippen LogP contribution in [0.4, 0.5) is 0 Å². The lowest BCUT2D eigenvalue weighted by molar-refractivity contribution is 0.0600. The number of unbranched alkanes of at least 4 members (excludes halogenated alkanes) is 7. The Kier molecular flexibility index (Phi) is 13.6. The van der Waals surface area contributed by atoms with Crippen LogP contribution in [0.5, 0.6) is 5.75 Å². The maximum absolute atomic E-state index is 11.4. The van der Waals surface area contributed by atoms with Gasteiger partial charge in [-0.15, -0.1) is 13.2 Å². The normalized spacial score (nSPS) is 11.6. The third-order valence-electron chi connectivity index (χ3n) is 4.58. The molecule has 1 aromatic carbocycles. The van der Waals surface area contributed by atoms with Gasteiger partial charge in [0.1, 0.15) is 5.75 Å². The lowest BCUT2D eigenvalue weighted by Gasteiger charge is -2.11. The van der Waals surface area contributed by atoms with Gasteiger partial charge in [-0.1, -0.05) is 50.7 Å². The van der Waals surface area contributed by atoms with Gasteiger partial charge in [-0.25, -0.2) is 4.79 Å². The van der Waals surface area contributed by atoms with Crippen LogP contribution in [-0.2, 0) is 9.47 Å². The van der Waals surface area contributed by atoms with Crippen LogP contribution >= 0.6 is 0 Å². The molecule has 0 radical (unpaired) electrons. The van der Waals surface area contributed by atoms with E-state index in [1.165, 1.54) is 45.6 Å². The van der Waals surface area contributed by atoms with Crippen molar-refractivity contribution in [3.63, 3.8) is 0 Å².